The van der Waals surface area contributed by atoms with Gasteiger partial charge in [-0.2, -0.15) is 0 Å². The third-order valence-electron chi connectivity index (χ3n) is 3.72. The van der Waals surface area contributed by atoms with Crippen LogP contribution in [0.2, 0.25) is 0 Å². The zero-order valence-electron chi connectivity index (χ0n) is 13.4. The quantitative estimate of drug-likeness (QED) is 0.721. The average molecular weight is 306 g/mol. The first-order chi connectivity index (χ1) is 11.1. The molecule has 0 saturated carbocycles. The molecule has 0 aliphatic rings. The molecule has 0 saturated heterocycles. The van der Waals surface area contributed by atoms with E-state index in [1.54, 1.807) is 14.0 Å². The number of ketones is 1. The Morgan fingerprint density at radius 3 is 2.52 bits per heavy atom. The molecule has 0 amide bonds. The zero-order valence-corrected chi connectivity index (χ0v) is 13.4. The highest BCUT2D eigenvalue weighted by Gasteiger charge is 2.09. The van der Waals surface area contributed by atoms with Gasteiger partial charge in [0.1, 0.15) is 11.3 Å². The van der Waals surface area contributed by atoms with E-state index in [2.05, 4.69) is 10.3 Å². The monoisotopic (exact) mass is 306 g/mol. The summed E-state index contributed by atoms with van der Waals surface area (Å²) in [6.07, 6.45) is 0. The number of hydrogen-bond acceptors (Lipinski definition) is 4. The van der Waals surface area contributed by atoms with Crippen molar-refractivity contribution in [3.63, 3.8) is 0 Å². The highest BCUT2D eigenvalue weighted by Crippen LogP contribution is 2.31. The molecule has 0 aliphatic heterocycles. The van der Waals surface area contributed by atoms with Gasteiger partial charge in [0.05, 0.1) is 7.11 Å². The van der Waals surface area contributed by atoms with Crippen molar-refractivity contribution in [3.05, 3.63) is 59.8 Å². The third-order valence-corrected chi connectivity index (χ3v) is 3.72. The van der Waals surface area contributed by atoms with Crippen LogP contribution < -0.4 is 10.1 Å². The number of carbonyl (C=O) groups is 1. The van der Waals surface area contributed by atoms with Crippen molar-refractivity contribution in [3.8, 4) is 5.75 Å². The fraction of sp³-hybridized carbons (Fsp3) is 0.158. The number of carbonyl (C=O) groups excluding carboxylic acids is 1. The number of benzene rings is 2. The average Bonchev–Trinajstić information content (AvgIpc) is 2.54. The minimum absolute atomic E-state index is 0.0616. The number of nitrogens with zero attached hydrogens (tertiary/aromatic N) is 1. The number of Topliss-reactive ketones (excluding diaryl/α,β-unsaturated/α-hetero) is 1. The lowest BCUT2D eigenvalue weighted by Gasteiger charge is -2.13. The van der Waals surface area contributed by atoms with E-state index in [9.17, 15) is 4.79 Å². The van der Waals surface area contributed by atoms with Gasteiger partial charge in [-0.25, -0.2) is 4.98 Å². The smallest absolute Gasteiger partial charge is 0.159 e. The Bertz CT molecular complexity index is 870. The summed E-state index contributed by atoms with van der Waals surface area (Å²) in [5.74, 6) is 0.813. The molecule has 0 radical (unpaired) electrons. The Labute approximate surface area is 135 Å². The second-order valence-electron chi connectivity index (χ2n) is 5.43. The second kappa shape index (κ2) is 6.08. The van der Waals surface area contributed by atoms with Crippen LogP contribution in [0.4, 0.5) is 11.4 Å². The molecule has 116 valence electrons. The van der Waals surface area contributed by atoms with Crippen LogP contribution >= 0.6 is 0 Å². The van der Waals surface area contributed by atoms with Gasteiger partial charge in [0.15, 0.2) is 5.78 Å². The van der Waals surface area contributed by atoms with Crippen LogP contribution in [-0.4, -0.2) is 17.9 Å². The van der Waals surface area contributed by atoms with E-state index in [1.165, 1.54) is 0 Å². The van der Waals surface area contributed by atoms with Gasteiger partial charge in [0.2, 0.25) is 0 Å². The maximum absolute atomic E-state index is 11.4. The summed E-state index contributed by atoms with van der Waals surface area (Å²) in [5, 5.41) is 4.39. The van der Waals surface area contributed by atoms with Crippen LogP contribution in [0.5, 0.6) is 5.75 Å². The molecule has 1 aromatic heterocycles. The van der Waals surface area contributed by atoms with Crippen LogP contribution in [-0.2, 0) is 0 Å². The zero-order chi connectivity index (χ0) is 16.4. The molecule has 0 spiro atoms. The lowest BCUT2D eigenvalue weighted by molar-refractivity contribution is 0.101. The van der Waals surface area contributed by atoms with E-state index < -0.39 is 0 Å². The van der Waals surface area contributed by atoms with Crippen LogP contribution in [0.1, 0.15) is 23.0 Å². The number of aromatic nitrogens is 1. The Kier molecular flexibility index (Phi) is 3.98. The SMILES string of the molecule is COc1cccc2c(Nc3ccc(C(C)=O)cc3)cc(C)nc12. The van der Waals surface area contributed by atoms with E-state index in [0.717, 1.165) is 33.7 Å². The van der Waals surface area contributed by atoms with E-state index in [4.69, 9.17) is 4.74 Å². The van der Waals surface area contributed by atoms with Crippen molar-refractivity contribution < 1.29 is 9.53 Å². The highest BCUT2D eigenvalue weighted by atomic mass is 16.5. The molecule has 3 aromatic rings. The number of hydrogen-bond donors (Lipinski definition) is 1. The molecule has 0 atom stereocenters. The fourth-order valence-electron chi connectivity index (χ4n) is 2.56. The van der Waals surface area contributed by atoms with E-state index in [1.807, 2.05) is 55.5 Å². The fourth-order valence-corrected chi connectivity index (χ4v) is 2.56. The molecule has 1 N–H and O–H groups in total. The number of nitrogens with one attached hydrogen (secondary N) is 1. The predicted octanol–water partition coefficient (Wildman–Crippen LogP) is 4.50. The Balaban J connectivity index is 2.04. The standard InChI is InChI=1S/C19H18N2O2/c1-12-11-17(16-5-4-6-18(23-3)19(16)20-12)21-15-9-7-14(8-10-15)13(2)22/h4-11H,1-3H3,(H,20,21). The van der Waals surface area contributed by atoms with Gasteiger partial charge in [0, 0.05) is 28.0 Å². The van der Waals surface area contributed by atoms with Crippen LogP contribution in [0.25, 0.3) is 10.9 Å². The first-order valence-electron chi connectivity index (χ1n) is 7.41. The highest BCUT2D eigenvalue weighted by molar-refractivity contribution is 5.97. The third kappa shape index (κ3) is 3.01. The number of pyridine rings is 1. The number of aryl methyl sites for hydroxylation is 1. The molecular weight excluding hydrogens is 288 g/mol. The van der Waals surface area contributed by atoms with Gasteiger partial charge in [-0.15, -0.1) is 0 Å². The second-order valence-corrected chi connectivity index (χ2v) is 5.43. The molecule has 0 bridgehead atoms. The van der Waals surface area contributed by atoms with Crippen molar-refractivity contribution in [2.24, 2.45) is 0 Å². The minimum atomic E-state index is 0.0616. The van der Waals surface area contributed by atoms with Crippen molar-refractivity contribution in [1.82, 2.24) is 4.98 Å². The Morgan fingerprint density at radius 1 is 1.13 bits per heavy atom. The van der Waals surface area contributed by atoms with Crippen molar-refractivity contribution in [1.29, 1.82) is 0 Å². The van der Waals surface area contributed by atoms with Crippen molar-refractivity contribution in [2.75, 3.05) is 12.4 Å². The number of ether oxygens (including phenoxy) is 1. The van der Waals surface area contributed by atoms with E-state index in [-0.39, 0.29) is 5.78 Å². The largest absolute Gasteiger partial charge is 0.494 e. The molecule has 0 aliphatic carbocycles. The Morgan fingerprint density at radius 2 is 1.87 bits per heavy atom. The Hall–Kier alpha value is -2.88. The molecule has 0 fully saturated rings. The predicted molar refractivity (Wildman–Crippen MR) is 92.8 cm³/mol. The molecule has 4 nitrogen and oxygen atoms in total. The van der Waals surface area contributed by atoms with Gasteiger partial charge in [-0.05, 0) is 50.2 Å². The van der Waals surface area contributed by atoms with Crippen molar-refractivity contribution in [2.45, 2.75) is 13.8 Å². The molecule has 2 aromatic carbocycles. The van der Waals surface area contributed by atoms with E-state index >= 15 is 0 Å². The first-order valence-corrected chi connectivity index (χ1v) is 7.41. The van der Waals surface area contributed by atoms with Gasteiger partial charge in [-0.3, -0.25) is 4.79 Å². The molecule has 0 unspecified atom stereocenters. The summed E-state index contributed by atoms with van der Waals surface area (Å²) in [4.78, 5) is 15.9. The summed E-state index contributed by atoms with van der Waals surface area (Å²) >= 11 is 0. The molecule has 23 heavy (non-hydrogen) atoms. The van der Waals surface area contributed by atoms with Crippen LogP contribution in [0.15, 0.2) is 48.5 Å². The lowest BCUT2D eigenvalue weighted by Crippen LogP contribution is -1.97. The van der Waals surface area contributed by atoms with Crippen LogP contribution in [0.3, 0.4) is 0 Å². The summed E-state index contributed by atoms with van der Waals surface area (Å²) < 4.78 is 5.40. The number of anilines is 2. The van der Waals surface area contributed by atoms with Gasteiger partial charge < -0.3 is 10.1 Å². The normalized spacial score (nSPS) is 10.6. The molecule has 1 heterocycles. The topological polar surface area (TPSA) is 51.2 Å². The summed E-state index contributed by atoms with van der Waals surface area (Å²) in [6, 6.07) is 15.3. The van der Waals surface area contributed by atoms with Gasteiger partial charge in [0.25, 0.3) is 0 Å². The molecule has 3 rings (SSSR count). The van der Waals surface area contributed by atoms with Gasteiger partial charge in [-0.1, -0.05) is 12.1 Å². The summed E-state index contributed by atoms with van der Waals surface area (Å²) in [7, 11) is 1.65. The summed E-state index contributed by atoms with van der Waals surface area (Å²) in [6.45, 7) is 3.52. The van der Waals surface area contributed by atoms with Crippen molar-refractivity contribution >= 4 is 28.1 Å². The number of methoxy groups -OCH3 is 1. The lowest BCUT2D eigenvalue weighted by atomic mass is 10.1. The maximum Gasteiger partial charge on any atom is 0.159 e. The van der Waals surface area contributed by atoms with E-state index in [0.29, 0.717) is 5.56 Å². The number of para-hydroxylation sites is 1. The molecular formula is C19H18N2O2. The first kappa shape index (κ1) is 15.0. The molecule has 4 heteroatoms. The minimum Gasteiger partial charge on any atom is -0.494 e. The van der Waals surface area contributed by atoms with Crippen LogP contribution in [0, 0.1) is 6.92 Å². The number of fused-ring (bicyclic) bond motifs is 1. The number of rotatable bonds is 4. The maximum atomic E-state index is 11.4. The summed E-state index contributed by atoms with van der Waals surface area (Å²) in [5.41, 5.74) is 4.32. The van der Waals surface area contributed by atoms with Gasteiger partial charge >= 0.3 is 0 Å².